The average molecular weight is 414 g/mol. The predicted molar refractivity (Wildman–Crippen MR) is 111 cm³/mol. The molecule has 0 amide bonds. The number of benzene rings is 1. The predicted octanol–water partition coefficient (Wildman–Crippen LogP) is 3.49. The summed E-state index contributed by atoms with van der Waals surface area (Å²) in [6.07, 6.45) is 1.74. The molecule has 3 aromatic heterocycles. The molecule has 28 heavy (non-hydrogen) atoms. The second-order valence-electron chi connectivity index (χ2n) is 6.37. The summed E-state index contributed by atoms with van der Waals surface area (Å²) in [6.45, 7) is 2.73. The van der Waals surface area contributed by atoms with Crippen molar-refractivity contribution in [2.24, 2.45) is 0 Å². The van der Waals surface area contributed by atoms with Crippen molar-refractivity contribution in [3.05, 3.63) is 48.0 Å². The van der Waals surface area contributed by atoms with E-state index in [0.717, 1.165) is 27.7 Å². The molecule has 0 radical (unpaired) electrons. The van der Waals surface area contributed by atoms with Crippen LogP contribution in [-0.2, 0) is 16.6 Å². The van der Waals surface area contributed by atoms with E-state index >= 15 is 0 Å². The molecule has 3 heterocycles. The second-order valence-corrected chi connectivity index (χ2v) is 9.38. The molecular formula is C19H19N5O2S2. The topological polar surface area (TPSA) is 81.0 Å². The minimum absolute atomic E-state index is 0.227. The fraction of sp³-hybridized carbons (Fsp3) is 0.211. The molecule has 0 spiro atoms. The Labute approximate surface area is 167 Å². The van der Waals surface area contributed by atoms with E-state index in [1.165, 1.54) is 29.7 Å². The van der Waals surface area contributed by atoms with Gasteiger partial charge in [0.1, 0.15) is 10.7 Å². The molecule has 0 saturated carbocycles. The van der Waals surface area contributed by atoms with Gasteiger partial charge in [-0.1, -0.05) is 6.07 Å². The van der Waals surface area contributed by atoms with E-state index in [9.17, 15) is 8.42 Å². The first-order valence-corrected chi connectivity index (χ1v) is 11.0. The third kappa shape index (κ3) is 3.11. The van der Waals surface area contributed by atoms with Gasteiger partial charge in [0, 0.05) is 32.2 Å². The molecule has 0 fully saturated rings. The Kier molecular flexibility index (Phi) is 4.74. The lowest BCUT2D eigenvalue weighted by Gasteiger charge is -2.11. The zero-order chi connectivity index (χ0) is 19.9. The van der Waals surface area contributed by atoms with E-state index in [-0.39, 0.29) is 4.90 Å². The van der Waals surface area contributed by atoms with Crippen molar-refractivity contribution in [1.82, 2.24) is 23.8 Å². The fourth-order valence-corrected chi connectivity index (χ4v) is 4.68. The van der Waals surface area contributed by atoms with Gasteiger partial charge in [-0.3, -0.25) is 4.98 Å². The maximum absolute atomic E-state index is 12.4. The van der Waals surface area contributed by atoms with Crippen LogP contribution in [0.25, 0.3) is 33.3 Å². The van der Waals surface area contributed by atoms with E-state index in [2.05, 4.69) is 4.98 Å². The first kappa shape index (κ1) is 18.7. The monoisotopic (exact) mass is 413 g/mol. The molecule has 0 aliphatic rings. The fourth-order valence-electron chi connectivity index (χ4n) is 2.98. The lowest BCUT2D eigenvalue weighted by Crippen LogP contribution is -2.22. The van der Waals surface area contributed by atoms with E-state index < -0.39 is 10.0 Å². The summed E-state index contributed by atoms with van der Waals surface area (Å²) < 4.78 is 28.1. The van der Waals surface area contributed by atoms with E-state index in [4.69, 9.17) is 9.97 Å². The van der Waals surface area contributed by atoms with Gasteiger partial charge in [0.2, 0.25) is 10.0 Å². The van der Waals surface area contributed by atoms with Gasteiger partial charge < -0.3 is 4.57 Å². The molecule has 0 aliphatic carbocycles. The Morgan fingerprint density at radius 2 is 1.93 bits per heavy atom. The van der Waals surface area contributed by atoms with E-state index in [1.54, 1.807) is 24.4 Å². The average Bonchev–Trinajstić information content (AvgIpc) is 3.32. The molecular weight excluding hydrogens is 394 g/mol. The van der Waals surface area contributed by atoms with Crippen LogP contribution in [0.3, 0.4) is 0 Å². The minimum atomic E-state index is -3.51. The molecule has 0 aliphatic heterocycles. The van der Waals surface area contributed by atoms with Crippen molar-refractivity contribution in [2.75, 3.05) is 14.1 Å². The lowest BCUT2D eigenvalue weighted by molar-refractivity contribution is 0.521. The zero-order valence-electron chi connectivity index (χ0n) is 15.7. The largest absolute Gasteiger partial charge is 0.323 e. The summed E-state index contributed by atoms with van der Waals surface area (Å²) in [5.41, 5.74) is 3.08. The van der Waals surface area contributed by atoms with Gasteiger partial charge in [0.15, 0.2) is 5.82 Å². The molecule has 4 rings (SSSR count). The summed E-state index contributed by atoms with van der Waals surface area (Å²) in [5, 5.41) is 2.77. The van der Waals surface area contributed by atoms with Crippen LogP contribution < -0.4 is 0 Å². The number of imidazole rings is 1. The maximum atomic E-state index is 12.4. The summed E-state index contributed by atoms with van der Waals surface area (Å²) in [4.78, 5) is 14.0. The van der Waals surface area contributed by atoms with Crippen molar-refractivity contribution in [3.63, 3.8) is 0 Å². The Morgan fingerprint density at radius 3 is 2.61 bits per heavy atom. The van der Waals surface area contributed by atoms with Crippen LogP contribution in [0.15, 0.2) is 52.9 Å². The maximum Gasteiger partial charge on any atom is 0.242 e. The highest BCUT2D eigenvalue weighted by Gasteiger charge is 2.21. The molecule has 0 atom stereocenters. The minimum Gasteiger partial charge on any atom is -0.323 e. The molecule has 7 nitrogen and oxygen atoms in total. The van der Waals surface area contributed by atoms with Crippen LogP contribution in [0.2, 0.25) is 0 Å². The smallest absolute Gasteiger partial charge is 0.242 e. The Bertz CT molecular complexity index is 1240. The van der Waals surface area contributed by atoms with Crippen LogP contribution in [0.1, 0.15) is 6.92 Å². The summed E-state index contributed by atoms with van der Waals surface area (Å²) in [7, 11) is -0.477. The quantitative estimate of drug-likeness (QED) is 0.500. The standard InChI is InChI=1S/C19H19N5O2S2/c1-4-24-17-9-8-13(28(25,26)23(2)3)11-15(17)21-18(24)16-12-27-19(22-16)14-7-5-6-10-20-14/h5-12H,4H2,1-3H3. The van der Waals surface area contributed by atoms with Crippen LogP contribution in [0.5, 0.6) is 0 Å². The Hall–Kier alpha value is -2.62. The molecule has 4 aromatic rings. The molecule has 0 bridgehead atoms. The third-order valence-corrected chi connectivity index (χ3v) is 7.11. The van der Waals surface area contributed by atoms with Crippen LogP contribution >= 0.6 is 11.3 Å². The molecule has 9 heteroatoms. The second kappa shape index (κ2) is 7.08. The van der Waals surface area contributed by atoms with Crippen LogP contribution in [0, 0.1) is 0 Å². The van der Waals surface area contributed by atoms with Gasteiger partial charge in [-0.2, -0.15) is 0 Å². The summed E-state index contributed by atoms with van der Waals surface area (Å²) >= 11 is 1.51. The van der Waals surface area contributed by atoms with Crippen molar-refractivity contribution in [1.29, 1.82) is 0 Å². The molecule has 1 aromatic carbocycles. The normalized spacial score (nSPS) is 12.1. The summed E-state index contributed by atoms with van der Waals surface area (Å²) in [6, 6.07) is 10.8. The van der Waals surface area contributed by atoms with Crippen molar-refractivity contribution < 1.29 is 8.42 Å². The number of fused-ring (bicyclic) bond motifs is 1. The SMILES string of the molecule is CCn1c(-c2csc(-c3ccccn3)n2)nc2cc(S(=O)(=O)N(C)C)ccc21. The number of pyridine rings is 1. The first-order valence-electron chi connectivity index (χ1n) is 8.72. The number of rotatable bonds is 5. The highest BCUT2D eigenvalue weighted by atomic mass is 32.2. The highest BCUT2D eigenvalue weighted by molar-refractivity contribution is 7.89. The van der Waals surface area contributed by atoms with Crippen molar-refractivity contribution in [3.8, 4) is 22.2 Å². The number of thiazole rings is 1. The highest BCUT2D eigenvalue weighted by Crippen LogP contribution is 2.30. The van der Waals surface area contributed by atoms with Crippen molar-refractivity contribution >= 4 is 32.4 Å². The first-order chi connectivity index (χ1) is 13.4. The van der Waals surface area contributed by atoms with E-state index in [1.807, 2.05) is 35.1 Å². The molecule has 0 unspecified atom stereocenters. The van der Waals surface area contributed by atoms with E-state index in [0.29, 0.717) is 12.1 Å². The number of sulfonamides is 1. The van der Waals surface area contributed by atoms with Gasteiger partial charge in [-0.05, 0) is 37.3 Å². The number of aryl methyl sites for hydroxylation is 1. The van der Waals surface area contributed by atoms with Crippen molar-refractivity contribution in [2.45, 2.75) is 18.4 Å². The van der Waals surface area contributed by atoms with Gasteiger partial charge in [0.05, 0.1) is 21.6 Å². The zero-order valence-corrected chi connectivity index (χ0v) is 17.3. The molecule has 0 N–H and O–H groups in total. The number of nitrogens with zero attached hydrogens (tertiary/aromatic N) is 5. The van der Waals surface area contributed by atoms with Gasteiger partial charge in [-0.15, -0.1) is 11.3 Å². The number of hydrogen-bond acceptors (Lipinski definition) is 6. The summed E-state index contributed by atoms with van der Waals surface area (Å²) in [5.74, 6) is 0.718. The van der Waals surface area contributed by atoms with Crippen LogP contribution in [0.4, 0.5) is 0 Å². The van der Waals surface area contributed by atoms with Gasteiger partial charge in [-0.25, -0.2) is 22.7 Å². The number of aromatic nitrogens is 4. The Morgan fingerprint density at radius 1 is 1.11 bits per heavy atom. The molecule has 0 saturated heterocycles. The third-order valence-electron chi connectivity index (χ3n) is 4.43. The molecule has 144 valence electrons. The van der Waals surface area contributed by atoms with Gasteiger partial charge >= 0.3 is 0 Å². The van der Waals surface area contributed by atoms with Gasteiger partial charge in [0.25, 0.3) is 0 Å². The Balaban J connectivity index is 1.83. The number of hydrogen-bond donors (Lipinski definition) is 0. The lowest BCUT2D eigenvalue weighted by atomic mass is 10.3. The van der Waals surface area contributed by atoms with Crippen LogP contribution in [-0.4, -0.2) is 46.3 Å².